The van der Waals surface area contributed by atoms with Gasteiger partial charge in [0.25, 0.3) is 5.56 Å². The number of aryl methyl sites for hydroxylation is 1. The van der Waals surface area contributed by atoms with Crippen molar-refractivity contribution >= 4 is 28.7 Å². The molecule has 0 saturated carbocycles. The van der Waals surface area contributed by atoms with Crippen LogP contribution in [0.25, 0.3) is 22.4 Å². The molecule has 9 heteroatoms. The Hall–Kier alpha value is -4.17. The van der Waals surface area contributed by atoms with Crippen molar-refractivity contribution in [2.24, 2.45) is 4.99 Å². The summed E-state index contributed by atoms with van der Waals surface area (Å²) in [5.74, 6) is 0.272. The van der Waals surface area contributed by atoms with Crippen LogP contribution in [-0.2, 0) is 24.1 Å². The predicted molar refractivity (Wildman–Crippen MR) is 140 cm³/mol. The highest BCUT2D eigenvalue weighted by atomic mass is 35.5. The monoisotopic (exact) mass is 508 g/mol. The van der Waals surface area contributed by atoms with E-state index in [0.29, 0.717) is 24.3 Å². The Bertz CT molecular complexity index is 1720. The lowest BCUT2D eigenvalue weighted by atomic mass is 9.96. The van der Waals surface area contributed by atoms with E-state index >= 15 is 0 Å². The smallest absolute Gasteiger partial charge is 0.251 e. The number of benzene rings is 2. The number of pyridine rings is 1. The molecule has 37 heavy (non-hydrogen) atoms. The second-order valence-corrected chi connectivity index (χ2v) is 10.2. The van der Waals surface area contributed by atoms with Crippen molar-refractivity contribution in [3.05, 3.63) is 98.8 Å². The van der Waals surface area contributed by atoms with Gasteiger partial charge in [0.2, 0.25) is 0 Å². The molecule has 0 amide bonds. The Balaban J connectivity index is 1.18. The Kier molecular flexibility index (Phi) is 5.04. The minimum atomic E-state index is -0.0698. The van der Waals surface area contributed by atoms with Crippen molar-refractivity contribution < 1.29 is 4.79 Å². The first-order valence-electron chi connectivity index (χ1n) is 12.2. The summed E-state index contributed by atoms with van der Waals surface area (Å²) in [6, 6.07) is 15.4. The quantitative estimate of drug-likeness (QED) is 0.412. The van der Waals surface area contributed by atoms with Gasteiger partial charge in [0.05, 0.1) is 11.7 Å². The Morgan fingerprint density at radius 3 is 2.68 bits per heavy atom. The van der Waals surface area contributed by atoms with Gasteiger partial charge >= 0.3 is 0 Å². The predicted octanol–water partition coefficient (Wildman–Crippen LogP) is 4.19. The number of hydrogen-bond acceptors (Lipinski definition) is 6. The van der Waals surface area contributed by atoms with Crippen molar-refractivity contribution in [3.63, 3.8) is 0 Å². The lowest BCUT2D eigenvalue weighted by molar-refractivity contribution is -0.117. The molecule has 0 saturated heterocycles. The maximum atomic E-state index is 13.4. The number of ketones is 1. The highest BCUT2D eigenvalue weighted by Crippen LogP contribution is 2.36. The third kappa shape index (κ3) is 3.76. The van der Waals surface area contributed by atoms with Gasteiger partial charge in [-0.25, -0.2) is 0 Å². The number of nitrogens with zero attached hydrogens (tertiary/aromatic N) is 6. The van der Waals surface area contributed by atoms with Gasteiger partial charge < -0.3 is 4.57 Å². The standard InChI is InChI=1S/C28H21ClN6O2/c29-21-3-5-26(34-15-31-32-33-34)24(13-21)19-8-22-4-6-27(35(22)28(37)12-19)25-11-20(14-30-25)16-1-2-17-9-23(36)10-18(17)7-16/h1-3,5,7-8,12-15,27H,4,6,9-11H2. The van der Waals surface area contributed by atoms with E-state index in [-0.39, 0.29) is 17.4 Å². The zero-order valence-electron chi connectivity index (χ0n) is 19.8. The van der Waals surface area contributed by atoms with Gasteiger partial charge in [-0.05, 0) is 75.4 Å². The second kappa shape index (κ2) is 8.45. The van der Waals surface area contributed by atoms with Gasteiger partial charge in [0.1, 0.15) is 12.1 Å². The molecule has 4 heterocycles. The van der Waals surface area contributed by atoms with Crippen LogP contribution in [0.1, 0.15) is 41.3 Å². The Morgan fingerprint density at radius 2 is 1.81 bits per heavy atom. The highest BCUT2D eigenvalue weighted by Gasteiger charge is 2.31. The van der Waals surface area contributed by atoms with E-state index < -0.39 is 0 Å². The average Bonchev–Trinajstić information content (AvgIpc) is 3.69. The van der Waals surface area contributed by atoms with E-state index in [0.717, 1.165) is 63.3 Å². The van der Waals surface area contributed by atoms with Crippen LogP contribution in [0.5, 0.6) is 0 Å². The average molecular weight is 509 g/mol. The number of tetrazole rings is 1. The lowest BCUT2D eigenvalue weighted by Crippen LogP contribution is -2.27. The molecule has 0 bridgehead atoms. The molecule has 0 fully saturated rings. The number of carbonyl (C=O) groups excluding carboxylic acids is 1. The van der Waals surface area contributed by atoms with Gasteiger partial charge in [-0.1, -0.05) is 29.8 Å². The molecule has 2 aromatic heterocycles. The summed E-state index contributed by atoms with van der Waals surface area (Å²) in [6.45, 7) is 0. The molecule has 2 aliphatic heterocycles. The third-order valence-electron chi connectivity index (χ3n) is 7.49. The normalized spacial score (nSPS) is 18.1. The van der Waals surface area contributed by atoms with E-state index in [1.165, 1.54) is 6.33 Å². The maximum absolute atomic E-state index is 13.4. The number of aliphatic imine (C=N–C) groups is 1. The maximum Gasteiger partial charge on any atom is 0.251 e. The Labute approximate surface area is 216 Å². The molecule has 182 valence electrons. The van der Waals surface area contributed by atoms with Gasteiger partial charge in [-0.15, -0.1) is 5.10 Å². The molecule has 0 N–H and O–H groups in total. The molecule has 0 radical (unpaired) electrons. The minimum Gasteiger partial charge on any atom is -0.304 e. The van der Waals surface area contributed by atoms with Crippen LogP contribution in [0.2, 0.25) is 5.02 Å². The first kappa shape index (κ1) is 22.1. The van der Waals surface area contributed by atoms with E-state index in [4.69, 9.17) is 16.6 Å². The van der Waals surface area contributed by atoms with Gasteiger partial charge in [0.15, 0.2) is 0 Å². The van der Waals surface area contributed by atoms with Gasteiger partial charge in [-0.2, -0.15) is 4.68 Å². The molecule has 1 atom stereocenters. The van der Waals surface area contributed by atoms with Crippen LogP contribution in [-0.4, -0.2) is 36.3 Å². The number of rotatable bonds is 4. The fourth-order valence-corrected chi connectivity index (χ4v) is 5.93. The number of hydrogen-bond donors (Lipinski definition) is 0. The summed E-state index contributed by atoms with van der Waals surface area (Å²) in [5.41, 5.74) is 8.70. The van der Waals surface area contributed by atoms with Gasteiger partial charge in [-0.3, -0.25) is 14.6 Å². The molecular formula is C28H21ClN6O2. The second-order valence-electron chi connectivity index (χ2n) is 9.74. The van der Waals surface area contributed by atoms with Crippen LogP contribution in [0.4, 0.5) is 0 Å². The first-order chi connectivity index (χ1) is 18.0. The zero-order chi connectivity index (χ0) is 25.1. The number of allylic oxidation sites excluding steroid dienone is 1. The third-order valence-corrected chi connectivity index (χ3v) is 7.73. The fourth-order valence-electron chi connectivity index (χ4n) is 5.75. The van der Waals surface area contributed by atoms with Crippen LogP contribution in [0.15, 0.2) is 70.8 Å². The number of Topliss-reactive ketones (excluding diaryl/α,β-unsaturated/α-hetero) is 1. The zero-order valence-corrected chi connectivity index (χ0v) is 20.5. The van der Waals surface area contributed by atoms with Crippen molar-refractivity contribution in [1.29, 1.82) is 0 Å². The van der Waals surface area contributed by atoms with Crippen LogP contribution < -0.4 is 5.56 Å². The summed E-state index contributed by atoms with van der Waals surface area (Å²) < 4.78 is 3.44. The minimum absolute atomic E-state index is 0.0650. The van der Waals surface area contributed by atoms with E-state index in [1.54, 1.807) is 16.8 Å². The van der Waals surface area contributed by atoms with Crippen LogP contribution >= 0.6 is 11.6 Å². The molecule has 1 aliphatic carbocycles. The molecule has 0 spiro atoms. The summed E-state index contributed by atoms with van der Waals surface area (Å²) in [6.07, 6.45) is 6.78. The number of aromatic nitrogens is 5. The Morgan fingerprint density at radius 1 is 0.919 bits per heavy atom. The largest absolute Gasteiger partial charge is 0.304 e. The van der Waals surface area contributed by atoms with Crippen molar-refractivity contribution in [2.45, 2.75) is 38.1 Å². The van der Waals surface area contributed by atoms with E-state index in [9.17, 15) is 9.59 Å². The molecule has 1 unspecified atom stereocenters. The number of halogens is 1. The fraction of sp³-hybridized carbons (Fsp3) is 0.214. The van der Waals surface area contributed by atoms with Crippen LogP contribution in [0, 0.1) is 0 Å². The summed E-state index contributed by atoms with van der Waals surface area (Å²) in [7, 11) is 0. The molecular weight excluding hydrogens is 488 g/mol. The first-order valence-corrected chi connectivity index (χ1v) is 12.6. The summed E-state index contributed by atoms with van der Waals surface area (Å²) in [4.78, 5) is 30.0. The topological polar surface area (TPSA) is 95.0 Å². The number of fused-ring (bicyclic) bond motifs is 2. The molecule has 3 aliphatic rings. The summed E-state index contributed by atoms with van der Waals surface area (Å²) in [5, 5.41) is 12.0. The van der Waals surface area contributed by atoms with Crippen molar-refractivity contribution in [1.82, 2.24) is 24.8 Å². The molecule has 8 nitrogen and oxygen atoms in total. The molecule has 4 aromatic rings. The van der Waals surface area contributed by atoms with E-state index in [1.807, 2.05) is 22.9 Å². The highest BCUT2D eigenvalue weighted by molar-refractivity contribution is 6.31. The van der Waals surface area contributed by atoms with Gasteiger partial charge in [0, 0.05) is 53.5 Å². The number of carbonyl (C=O) groups is 1. The lowest BCUT2D eigenvalue weighted by Gasteiger charge is -2.17. The molecule has 2 aromatic carbocycles. The summed E-state index contributed by atoms with van der Waals surface area (Å²) >= 11 is 6.31. The van der Waals surface area contributed by atoms with Crippen LogP contribution in [0.3, 0.4) is 0 Å². The van der Waals surface area contributed by atoms with E-state index in [2.05, 4.69) is 39.8 Å². The van der Waals surface area contributed by atoms with Crippen molar-refractivity contribution in [2.75, 3.05) is 0 Å². The SMILES string of the molecule is O=C1Cc2ccc(C3=CN=C(C4CCc5cc(-c6cc(Cl)ccc6-n6cnnn6)cc(=O)n54)C3)cc2C1. The van der Waals surface area contributed by atoms with Crippen molar-refractivity contribution in [3.8, 4) is 16.8 Å². The molecule has 7 rings (SSSR count).